The Hall–Kier alpha value is -0.0900. The number of hydrogen-bond acceptors (Lipinski definition) is 2. The first-order valence-corrected chi connectivity index (χ1v) is 11.0. The van der Waals surface area contributed by atoms with E-state index in [1.165, 1.54) is 96.3 Å². The first-order chi connectivity index (χ1) is 11.7. The van der Waals surface area contributed by atoms with Gasteiger partial charge in [0.1, 0.15) is 6.54 Å². The van der Waals surface area contributed by atoms with E-state index in [1.54, 1.807) is 3.93 Å². The van der Waals surface area contributed by atoms with Crippen molar-refractivity contribution in [3.63, 3.8) is 0 Å². The number of rotatable bonds is 19. The minimum absolute atomic E-state index is 0.0821. The summed E-state index contributed by atoms with van der Waals surface area (Å²) in [6.07, 6.45) is 21.9. The Labute approximate surface area is 158 Å². The van der Waals surface area contributed by atoms with Crippen molar-refractivity contribution in [2.75, 3.05) is 13.1 Å². The average molecular weight is 406 g/mol. The van der Waals surface area contributed by atoms with Crippen LogP contribution >= 0.6 is 16.1 Å². The second-order valence-electron chi connectivity index (χ2n) is 7.04. The molecule has 0 aromatic rings. The van der Waals surface area contributed by atoms with Gasteiger partial charge in [-0.15, -0.1) is 0 Å². The number of unbranched alkanes of at least 4 members (excludes halogenated alkanes) is 15. The van der Waals surface area contributed by atoms with Crippen LogP contribution in [-0.4, -0.2) is 28.1 Å². The van der Waals surface area contributed by atoms with Gasteiger partial charge in [0.2, 0.25) is 0 Å². The highest BCUT2D eigenvalue weighted by molar-refractivity contribution is 9.07. The van der Waals surface area contributed by atoms with E-state index in [2.05, 4.69) is 23.1 Å². The molecule has 0 unspecified atom stereocenters. The van der Waals surface area contributed by atoms with Gasteiger partial charge in [0.05, 0.1) is 0 Å². The highest BCUT2D eigenvalue weighted by Gasteiger charge is 2.04. The van der Waals surface area contributed by atoms with Crippen LogP contribution in [-0.2, 0) is 4.79 Å². The quantitative estimate of drug-likeness (QED) is 0.186. The predicted octanol–water partition coefficient (Wildman–Crippen LogP) is 6.94. The Kier molecular flexibility index (Phi) is 19.2. The molecule has 0 aliphatic carbocycles. The lowest BCUT2D eigenvalue weighted by atomic mass is 10.0. The lowest BCUT2D eigenvalue weighted by molar-refractivity contribution is -0.137. The van der Waals surface area contributed by atoms with Crippen molar-refractivity contribution in [1.82, 2.24) is 3.93 Å². The van der Waals surface area contributed by atoms with Crippen LogP contribution in [0.25, 0.3) is 0 Å². The third-order valence-electron chi connectivity index (χ3n) is 4.56. The van der Waals surface area contributed by atoms with Gasteiger partial charge >= 0.3 is 5.97 Å². The zero-order valence-electron chi connectivity index (χ0n) is 15.9. The predicted molar refractivity (Wildman–Crippen MR) is 108 cm³/mol. The molecule has 24 heavy (non-hydrogen) atoms. The fourth-order valence-electron chi connectivity index (χ4n) is 3.06. The summed E-state index contributed by atoms with van der Waals surface area (Å²) < 4.78 is 1.71. The smallest absolute Gasteiger partial charge is 0.318 e. The lowest BCUT2D eigenvalue weighted by Gasteiger charge is -2.10. The molecule has 0 rings (SSSR count). The Morgan fingerprint density at radius 1 is 0.708 bits per heavy atom. The van der Waals surface area contributed by atoms with Crippen molar-refractivity contribution >= 4 is 22.1 Å². The molecule has 0 saturated heterocycles. The highest BCUT2D eigenvalue weighted by atomic mass is 79.9. The van der Waals surface area contributed by atoms with Crippen molar-refractivity contribution < 1.29 is 9.90 Å². The lowest BCUT2D eigenvalue weighted by Crippen LogP contribution is -2.21. The number of carboxylic acid groups (broad SMARTS) is 1. The number of aliphatic carboxylic acids is 1. The molecule has 0 saturated carbocycles. The number of carboxylic acids is 1. The summed E-state index contributed by atoms with van der Waals surface area (Å²) in [7, 11) is 0. The molecule has 1 N–H and O–H groups in total. The van der Waals surface area contributed by atoms with Gasteiger partial charge in [0, 0.05) is 22.7 Å². The van der Waals surface area contributed by atoms with Crippen molar-refractivity contribution in [2.24, 2.45) is 0 Å². The van der Waals surface area contributed by atoms with Crippen molar-refractivity contribution in [2.45, 2.75) is 110 Å². The molecule has 0 amide bonds. The third kappa shape index (κ3) is 20.0. The summed E-state index contributed by atoms with van der Waals surface area (Å²) in [6.45, 7) is 3.18. The van der Waals surface area contributed by atoms with Gasteiger partial charge in [-0.05, 0) is 6.42 Å². The van der Waals surface area contributed by atoms with E-state index >= 15 is 0 Å². The van der Waals surface area contributed by atoms with E-state index < -0.39 is 5.97 Å². The summed E-state index contributed by atoms with van der Waals surface area (Å²) in [5.41, 5.74) is 0. The van der Waals surface area contributed by atoms with Gasteiger partial charge in [0.25, 0.3) is 0 Å². The molecule has 0 atom stereocenters. The van der Waals surface area contributed by atoms with Gasteiger partial charge in [-0.3, -0.25) is 4.79 Å². The normalized spacial score (nSPS) is 11.3. The first-order valence-electron chi connectivity index (χ1n) is 10.3. The molecular formula is C20H40BrNO2. The minimum Gasteiger partial charge on any atom is -0.480 e. The molecule has 0 aliphatic rings. The molecule has 0 aliphatic heterocycles. The van der Waals surface area contributed by atoms with E-state index in [0.29, 0.717) is 0 Å². The van der Waals surface area contributed by atoms with Crippen molar-refractivity contribution in [1.29, 1.82) is 0 Å². The van der Waals surface area contributed by atoms with E-state index in [9.17, 15) is 4.79 Å². The Morgan fingerprint density at radius 3 is 1.38 bits per heavy atom. The summed E-state index contributed by atoms with van der Waals surface area (Å²) in [4.78, 5) is 10.5. The Bertz CT molecular complexity index is 274. The molecule has 3 nitrogen and oxygen atoms in total. The topological polar surface area (TPSA) is 40.5 Å². The first kappa shape index (κ1) is 23.9. The molecular weight excluding hydrogens is 366 g/mol. The van der Waals surface area contributed by atoms with Crippen LogP contribution in [0.4, 0.5) is 0 Å². The van der Waals surface area contributed by atoms with Gasteiger partial charge in [0.15, 0.2) is 0 Å². The van der Waals surface area contributed by atoms with Crippen LogP contribution in [0.2, 0.25) is 0 Å². The van der Waals surface area contributed by atoms with Gasteiger partial charge < -0.3 is 5.11 Å². The number of halogens is 1. The molecule has 4 heteroatoms. The SMILES string of the molecule is CCCCCCCCCCCCCCCCCCN(Br)CC(=O)O. The summed E-state index contributed by atoms with van der Waals surface area (Å²) in [5, 5.41) is 8.65. The largest absolute Gasteiger partial charge is 0.480 e. The second kappa shape index (κ2) is 19.2. The molecule has 0 heterocycles. The van der Waals surface area contributed by atoms with Crippen LogP contribution in [0, 0.1) is 0 Å². The maximum atomic E-state index is 10.5. The van der Waals surface area contributed by atoms with Crippen molar-refractivity contribution in [3.05, 3.63) is 0 Å². The Morgan fingerprint density at radius 2 is 1.04 bits per heavy atom. The van der Waals surface area contributed by atoms with Crippen LogP contribution in [0.5, 0.6) is 0 Å². The fourth-order valence-corrected chi connectivity index (χ4v) is 3.52. The number of hydrogen-bond donors (Lipinski definition) is 1. The zero-order chi connectivity index (χ0) is 17.9. The maximum absolute atomic E-state index is 10.5. The zero-order valence-corrected chi connectivity index (χ0v) is 17.5. The van der Waals surface area contributed by atoms with Crippen LogP contribution in [0.3, 0.4) is 0 Å². The molecule has 0 radical (unpaired) electrons. The summed E-state index contributed by atoms with van der Waals surface area (Å²) in [6, 6.07) is 0. The van der Waals surface area contributed by atoms with Crippen LogP contribution in [0.1, 0.15) is 110 Å². The van der Waals surface area contributed by atoms with Crippen LogP contribution in [0.15, 0.2) is 0 Å². The minimum atomic E-state index is -0.775. The monoisotopic (exact) mass is 405 g/mol. The van der Waals surface area contributed by atoms with Gasteiger partial charge in [-0.2, -0.15) is 0 Å². The number of nitrogens with zero attached hydrogens (tertiary/aromatic N) is 1. The molecule has 0 aromatic heterocycles. The third-order valence-corrected chi connectivity index (χ3v) is 5.17. The maximum Gasteiger partial charge on any atom is 0.318 e. The molecule has 0 spiro atoms. The number of carbonyl (C=O) groups is 1. The Balaban J connectivity index is 3.06. The molecule has 0 aromatic carbocycles. The second-order valence-corrected chi connectivity index (χ2v) is 8.04. The summed E-state index contributed by atoms with van der Waals surface area (Å²) in [5.74, 6) is -0.775. The highest BCUT2D eigenvalue weighted by Crippen LogP contribution is 2.14. The van der Waals surface area contributed by atoms with E-state index in [1.807, 2.05) is 0 Å². The van der Waals surface area contributed by atoms with E-state index in [0.717, 1.165) is 13.0 Å². The van der Waals surface area contributed by atoms with E-state index in [-0.39, 0.29) is 6.54 Å². The van der Waals surface area contributed by atoms with Gasteiger partial charge in [-0.1, -0.05) is 103 Å². The average Bonchev–Trinajstić information content (AvgIpc) is 2.53. The summed E-state index contributed by atoms with van der Waals surface area (Å²) >= 11 is 3.28. The molecule has 0 bridgehead atoms. The fraction of sp³-hybridized carbons (Fsp3) is 0.950. The molecule has 144 valence electrons. The van der Waals surface area contributed by atoms with Gasteiger partial charge in [-0.25, -0.2) is 3.93 Å². The molecule has 0 fully saturated rings. The van der Waals surface area contributed by atoms with Crippen LogP contribution < -0.4 is 0 Å². The van der Waals surface area contributed by atoms with E-state index in [4.69, 9.17) is 5.11 Å². The van der Waals surface area contributed by atoms with Crippen molar-refractivity contribution in [3.8, 4) is 0 Å². The standard InChI is InChI=1S/C20H40BrNO2/c1-2-3-4-5-6-7-8-9-10-11-12-13-14-15-16-17-18-22(21)19-20(23)24/h2-19H2,1H3,(H,23,24).